The van der Waals surface area contributed by atoms with Gasteiger partial charge in [0.25, 0.3) is 0 Å². The van der Waals surface area contributed by atoms with Crippen molar-refractivity contribution in [3.05, 3.63) is 60.0 Å². The van der Waals surface area contributed by atoms with Crippen LogP contribution in [0.3, 0.4) is 0 Å². The standard InChI is InChI=1S/C19H24FN5.HI/c1-2-21-19(23-15-16-6-8-17(20)9-7-16)25-13-11-24(12-14-25)18-5-3-4-10-22-18;/h3-10H,2,11-15H2,1H3,(H,21,23);1H. The Labute approximate surface area is 171 Å². The van der Waals surface area contributed by atoms with Gasteiger partial charge in [-0.05, 0) is 36.8 Å². The lowest BCUT2D eigenvalue weighted by Crippen LogP contribution is -2.52. The van der Waals surface area contributed by atoms with Gasteiger partial charge in [0.2, 0.25) is 0 Å². The number of rotatable bonds is 4. The predicted molar refractivity (Wildman–Crippen MR) is 115 cm³/mol. The first-order valence-corrected chi connectivity index (χ1v) is 8.70. The number of pyridine rings is 1. The molecule has 1 aromatic carbocycles. The summed E-state index contributed by atoms with van der Waals surface area (Å²) in [5.74, 6) is 1.72. The van der Waals surface area contributed by atoms with Crippen molar-refractivity contribution in [1.82, 2.24) is 15.2 Å². The van der Waals surface area contributed by atoms with Gasteiger partial charge in [0.15, 0.2) is 5.96 Å². The largest absolute Gasteiger partial charge is 0.357 e. The first-order chi connectivity index (χ1) is 12.3. The molecule has 0 atom stereocenters. The monoisotopic (exact) mass is 469 g/mol. The van der Waals surface area contributed by atoms with E-state index in [4.69, 9.17) is 4.99 Å². The second kappa shape index (κ2) is 10.3. The summed E-state index contributed by atoms with van der Waals surface area (Å²) in [5.41, 5.74) is 1.00. The van der Waals surface area contributed by atoms with Gasteiger partial charge in [-0.1, -0.05) is 18.2 Å². The Morgan fingerprint density at radius 2 is 1.85 bits per heavy atom. The van der Waals surface area contributed by atoms with E-state index in [2.05, 4.69) is 27.0 Å². The van der Waals surface area contributed by atoms with E-state index in [9.17, 15) is 4.39 Å². The number of halogens is 2. The first kappa shape index (κ1) is 20.4. The quantitative estimate of drug-likeness (QED) is 0.425. The highest BCUT2D eigenvalue weighted by Gasteiger charge is 2.20. The van der Waals surface area contributed by atoms with Crippen LogP contribution in [0.5, 0.6) is 0 Å². The van der Waals surface area contributed by atoms with Gasteiger partial charge in [-0.2, -0.15) is 0 Å². The highest BCUT2D eigenvalue weighted by Crippen LogP contribution is 2.13. The van der Waals surface area contributed by atoms with Crippen molar-refractivity contribution in [2.45, 2.75) is 13.5 Å². The first-order valence-electron chi connectivity index (χ1n) is 8.70. The smallest absolute Gasteiger partial charge is 0.194 e. The van der Waals surface area contributed by atoms with Crippen LogP contribution in [0.25, 0.3) is 0 Å². The lowest BCUT2D eigenvalue weighted by atomic mass is 10.2. The van der Waals surface area contributed by atoms with Gasteiger partial charge < -0.3 is 15.1 Å². The Kier molecular flexibility index (Phi) is 8.08. The maximum Gasteiger partial charge on any atom is 0.194 e. The molecule has 0 amide bonds. The van der Waals surface area contributed by atoms with E-state index in [1.165, 1.54) is 12.1 Å². The Bertz CT molecular complexity index is 685. The molecule has 26 heavy (non-hydrogen) atoms. The molecule has 7 heteroatoms. The molecule has 0 unspecified atom stereocenters. The SMILES string of the molecule is CCNC(=NCc1ccc(F)cc1)N1CCN(c2ccccn2)CC1.I. The van der Waals surface area contributed by atoms with Crippen LogP contribution in [-0.2, 0) is 6.54 Å². The van der Waals surface area contributed by atoms with Crippen molar-refractivity contribution in [2.24, 2.45) is 4.99 Å². The summed E-state index contributed by atoms with van der Waals surface area (Å²) in [7, 11) is 0. The number of piperazine rings is 1. The van der Waals surface area contributed by atoms with E-state index in [1.54, 1.807) is 12.1 Å². The number of hydrogen-bond acceptors (Lipinski definition) is 3. The van der Waals surface area contributed by atoms with Gasteiger partial charge in [-0.3, -0.25) is 0 Å². The van der Waals surface area contributed by atoms with Crippen molar-refractivity contribution in [1.29, 1.82) is 0 Å². The van der Waals surface area contributed by atoms with Crippen LogP contribution in [0.15, 0.2) is 53.7 Å². The molecule has 1 aromatic heterocycles. The van der Waals surface area contributed by atoms with Crippen molar-refractivity contribution in [3.8, 4) is 0 Å². The number of aromatic nitrogens is 1. The zero-order valence-electron chi connectivity index (χ0n) is 14.9. The van der Waals surface area contributed by atoms with Crippen molar-refractivity contribution in [2.75, 3.05) is 37.6 Å². The maximum absolute atomic E-state index is 13.0. The zero-order chi connectivity index (χ0) is 17.5. The number of guanidine groups is 1. The average molecular weight is 469 g/mol. The third-order valence-corrected chi connectivity index (χ3v) is 4.21. The molecule has 1 N–H and O–H groups in total. The Morgan fingerprint density at radius 3 is 2.46 bits per heavy atom. The lowest BCUT2D eigenvalue weighted by molar-refractivity contribution is 0.371. The van der Waals surface area contributed by atoms with E-state index in [-0.39, 0.29) is 29.8 Å². The molecule has 1 aliphatic heterocycles. The molecule has 5 nitrogen and oxygen atoms in total. The molecule has 0 bridgehead atoms. The Morgan fingerprint density at radius 1 is 1.12 bits per heavy atom. The van der Waals surface area contributed by atoms with Crippen LogP contribution in [0.1, 0.15) is 12.5 Å². The summed E-state index contributed by atoms with van der Waals surface area (Å²) >= 11 is 0. The van der Waals surface area contributed by atoms with E-state index < -0.39 is 0 Å². The molecular formula is C19H25FIN5. The van der Waals surface area contributed by atoms with Crippen molar-refractivity contribution >= 4 is 35.8 Å². The highest BCUT2D eigenvalue weighted by molar-refractivity contribution is 14.0. The number of aliphatic imine (C=N–C) groups is 1. The molecule has 3 rings (SSSR count). The molecule has 2 heterocycles. The summed E-state index contributed by atoms with van der Waals surface area (Å²) in [6.07, 6.45) is 1.83. The molecule has 0 aliphatic carbocycles. The number of hydrogen-bond donors (Lipinski definition) is 1. The molecule has 1 fully saturated rings. The number of nitrogens with zero attached hydrogens (tertiary/aromatic N) is 4. The second-order valence-corrected chi connectivity index (χ2v) is 5.96. The molecule has 140 valence electrons. The summed E-state index contributed by atoms with van der Waals surface area (Å²) in [5, 5.41) is 3.36. The maximum atomic E-state index is 13.0. The van der Waals surface area contributed by atoms with Crippen LogP contribution >= 0.6 is 24.0 Å². The van der Waals surface area contributed by atoms with E-state index >= 15 is 0 Å². The summed E-state index contributed by atoms with van der Waals surface area (Å²) in [6.45, 7) is 7.05. The third-order valence-electron chi connectivity index (χ3n) is 4.21. The topological polar surface area (TPSA) is 43.8 Å². The molecule has 1 aliphatic rings. The van der Waals surface area contributed by atoms with Gasteiger partial charge in [0, 0.05) is 38.9 Å². The van der Waals surface area contributed by atoms with Crippen LogP contribution in [0.2, 0.25) is 0 Å². The minimum Gasteiger partial charge on any atom is -0.357 e. The number of benzene rings is 1. The van der Waals surface area contributed by atoms with Crippen molar-refractivity contribution < 1.29 is 4.39 Å². The number of nitrogens with one attached hydrogen (secondary N) is 1. The fourth-order valence-corrected chi connectivity index (χ4v) is 2.87. The van der Waals surface area contributed by atoms with E-state index in [0.29, 0.717) is 6.54 Å². The predicted octanol–water partition coefficient (Wildman–Crippen LogP) is 3.13. The Hall–Kier alpha value is -1.90. The van der Waals surface area contributed by atoms with Gasteiger partial charge in [-0.15, -0.1) is 24.0 Å². The average Bonchev–Trinajstić information content (AvgIpc) is 2.67. The minimum atomic E-state index is -0.217. The van der Waals surface area contributed by atoms with Crippen LogP contribution in [0.4, 0.5) is 10.2 Å². The second-order valence-electron chi connectivity index (χ2n) is 5.96. The van der Waals surface area contributed by atoms with Crippen LogP contribution in [0, 0.1) is 5.82 Å². The normalized spacial score (nSPS) is 14.8. The van der Waals surface area contributed by atoms with E-state index in [1.807, 2.05) is 24.4 Å². The van der Waals surface area contributed by atoms with Gasteiger partial charge in [0.05, 0.1) is 6.54 Å². The van der Waals surface area contributed by atoms with Crippen molar-refractivity contribution in [3.63, 3.8) is 0 Å². The van der Waals surface area contributed by atoms with Gasteiger partial charge in [-0.25, -0.2) is 14.4 Å². The summed E-state index contributed by atoms with van der Waals surface area (Å²) < 4.78 is 13.0. The summed E-state index contributed by atoms with van der Waals surface area (Å²) in [6, 6.07) is 12.5. The van der Waals surface area contributed by atoms with Crippen LogP contribution < -0.4 is 10.2 Å². The fourth-order valence-electron chi connectivity index (χ4n) is 2.87. The molecule has 0 radical (unpaired) electrons. The molecule has 0 spiro atoms. The summed E-state index contributed by atoms with van der Waals surface area (Å²) in [4.78, 5) is 13.7. The fraction of sp³-hybridized carbons (Fsp3) is 0.368. The zero-order valence-corrected chi connectivity index (χ0v) is 17.3. The molecule has 1 saturated heterocycles. The molecule has 0 saturated carbocycles. The third kappa shape index (κ3) is 5.55. The minimum absolute atomic E-state index is 0. The Balaban J connectivity index is 0.00000243. The lowest BCUT2D eigenvalue weighted by Gasteiger charge is -2.37. The van der Waals surface area contributed by atoms with Gasteiger partial charge >= 0.3 is 0 Å². The van der Waals surface area contributed by atoms with E-state index in [0.717, 1.165) is 50.1 Å². The van der Waals surface area contributed by atoms with Gasteiger partial charge in [0.1, 0.15) is 11.6 Å². The van der Waals surface area contributed by atoms with Crippen LogP contribution in [-0.4, -0.2) is 48.6 Å². The molecule has 2 aromatic rings. The highest BCUT2D eigenvalue weighted by atomic mass is 127. The number of anilines is 1. The molecular weight excluding hydrogens is 444 g/mol.